The first-order valence-electron chi connectivity index (χ1n) is 12.8. The normalized spacial score (nSPS) is 14.8. The third-order valence-corrected chi connectivity index (χ3v) is 6.92. The zero-order valence-corrected chi connectivity index (χ0v) is 21.8. The van der Waals surface area contributed by atoms with Gasteiger partial charge in [-0.25, -0.2) is 0 Å². The number of carbonyl (C=O) groups excluding carboxylic acids is 2. The number of piperazine rings is 1. The Balaban J connectivity index is 1.48. The van der Waals surface area contributed by atoms with Gasteiger partial charge in [0, 0.05) is 49.5 Å². The van der Waals surface area contributed by atoms with Crippen LogP contribution in [0.1, 0.15) is 44.8 Å². The summed E-state index contributed by atoms with van der Waals surface area (Å²) < 4.78 is 0. The molecule has 3 aromatic rings. The molecule has 1 atom stereocenters. The monoisotopic (exact) mass is 500 g/mol. The molecule has 1 aliphatic rings. The molecule has 194 valence electrons. The molecule has 4 rings (SSSR count). The summed E-state index contributed by atoms with van der Waals surface area (Å²) in [4.78, 5) is 30.3. The minimum Gasteiger partial charge on any atom is -0.395 e. The van der Waals surface area contributed by atoms with Crippen LogP contribution in [0.4, 0.5) is 5.69 Å². The Morgan fingerprint density at radius 1 is 0.919 bits per heavy atom. The second-order valence-electron chi connectivity index (χ2n) is 9.67. The zero-order valence-electron chi connectivity index (χ0n) is 21.8. The number of aliphatic hydroxyl groups is 1. The molecule has 1 fully saturated rings. The molecule has 0 spiro atoms. The fourth-order valence-corrected chi connectivity index (χ4v) is 4.57. The molecule has 1 aliphatic heterocycles. The van der Waals surface area contributed by atoms with Crippen LogP contribution in [-0.2, 0) is 0 Å². The summed E-state index contributed by atoms with van der Waals surface area (Å²) >= 11 is 0. The first-order valence-corrected chi connectivity index (χ1v) is 12.8. The highest BCUT2D eigenvalue weighted by atomic mass is 16.3. The van der Waals surface area contributed by atoms with Crippen molar-refractivity contribution in [2.24, 2.45) is 0 Å². The summed E-state index contributed by atoms with van der Waals surface area (Å²) in [5.41, 5.74) is 6.12. The molecule has 3 N–H and O–H groups in total. The third kappa shape index (κ3) is 6.56. The predicted octanol–water partition coefficient (Wildman–Crippen LogP) is 3.63. The van der Waals surface area contributed by atoms with Crippen LogP contribution >= 0.6 is 0 Å². The summed E-state index contributed by atoms with van der Waals surface area (Å²) in [5, 5.41) is 14.8. The molecule has 0 aliphatic carbocycles. The van der Waals surface area contributed by atoms with E-state index in [1.54, 1.807) is 6.07 Å². The summed E-state index contributed by atoms with van der Waals surface area (Å²) in [6.45, 7) is 8.00. The van der Waals surface area contributed by atoms with Crippen molar-refractivity contribution in [1.29, 1.82) is 0 Å². The third-order valence-electron chi connectivity index (χ3n) is 6.92. The van der Waals surface area contributed by atoms with Gasteiger partial charge in [0.2, 0.25) is 0 Å². The molecule has 1 saturated heterocycles. The maximum Gasteiger partial charge on any atom is 0.252 e. The Morgan fingerprint density at radius 2 is 1.62 bits per heavy atom. The molecule has 3 aromatic carbocycles. The summed E-state index contributed by atoms with van der Waals surface area (Å²) in [7, 11) is 2.13. The molecule has 1 unspecified atom stereocenters. The Kier molecular flexibility index (Phi) is 8.58. The summed E-state index contributed by atoms with van der Waals surface area (Å²) in [5.74, 6) is -0.309. The molecule has 0 radical (unpaired) electrons. The average Bonchev–Trinajstić information content (AvgIpc) is 2.92. The first-order chi connectivity index (χ1) is 17.9. The second-order valence-corrected chi connectivity index (χ2v) is 9.67. The van der Waals surface area contributed by atoms with Gasteiger partial charge in [0.1, 0.15) is 0 Å². The predicted molar refractivity (Wildman–Crippen MR) is 148 cm³/mol. The molecular weight excluding hydrogens is 464 g/mol. The molecule has 0 bridgehead atoms. The van der Waals surface area contributed by atoms with Gasteiger partial charge in [-0.1, -0.05) is 36.4 Å². The largest absolute Gasteiger partial charge is 0.395 e. The van der Waals surface area contributed by atoms with E-state index in [0.29, 0.717) is 11.1 Å². The van der Waals surface area contributed by atoms with Crippen LogP contribution in [0.3, 0.4) is 0 Å². The number of amides is 2. The average molecular weight is 501 g/mol. The highest BCUT2D eigenvalue weighted by molar-refractivity contribution is 5.97. The van der Waals surface area contributed by atoms with E-state index in [0.717, 1.165) is 54.1 Å². The van der Waals surface area contributed by atoms with E-state index in [-0.39, 0.29) is 31.0 Å². The Bertz CT molecular complexity index is 1250. The van der Waals surface area contributed by atoms with Crippen molar-refractivity contribution in [2.75, 3.05) is 51.3 Å². The van der Waals surface area contributed by atoms with Gasteiger partial charge in [-0.3, -0.25) is 9.59 Å². The van der Waals surface area contributed by atoms with E-state index >= 15 is 0 Å². The number of aryl methyl sites for hydroxylation is 1. The Hall–Kier alpha value is -3.68. The van der Waals surface area contributed by atoms with Crippen molar-refractivity contribution in [3.05, 3.63) is 89.0 Å². The van der Waals surface area contributed by atoms with Crippen LogP contribution in [-0.4, -0.2) is 68.2 Å². The number of likely N-dealkylation sites (N-methyl/N-ethyl adjacent to an activating group) is 1. The summed E-state index contributed by atoms with van der Waals surface area (Å²) in [6, 6.07) is 21.3. The molecule has 0 aromatic heterocycles. The standard InChI is InChI=1S/C30H36N4O3/c1-21-10-11-27(34-15-13-33(3)14-16-34)20-28(21)30(37)32-22(2)23-6-4-7-24(18-23)25-8-5-9-26(19-25)29(36)31-12-17-35/h4-11,18-20,22,35H,12-17H2,1-3H3,(H,31,36)(H,32,37). The summed E-state index contributed by atoms with van der Waals surface area (Å²) in [6.07, 6.45) is 0. The number of aliphatic hydroxyl groups excluding tert-OH is 1. The van der Waals surface area contributed by atoms with E-state index in [1.807, 2.05) is 68.4 Å². The van der Waals surface area contributed by atoms with Gasteiger partial charge in [0.15, 0.2) is 0 Å². The van der Waals surface area contributed by atoms with E-state index in [1.165, 1.54) is 0 Å². The number of rotatable bonds is 8. The fraction of sp³-hybridized carbons (Fsp3) is 0.333. The van der Waals surface area contributed by atoms with Crippen LogP contribution in [0.2, 0.25) is 0 Å². The number of nitrogens with one attached hydrogen (secondary N) is 2. The zero-order chi connectivity index (χ0) is 26.4. The van der Waals surface area contributed by atoms with Gasteiger partial charge in [0.05, 0.1) is 12.6 Å². The van der Waals surface area contributed by atoms with E-state index in [2.05, 4.69) is 33.5 Å². The topological polar surface area (TPSA) is 84.9 Å². The minimum absolute atomic E-state index is 0.0890. The molecule has 0 saturated carbocycles. The van der Waals surface area contributed by atoms with Crippen LogP contribution in [0.15, 0.2) is 66.7 Å². The van der Waals surface area contributed by atoms with Gasteiger partial charge in [-0.2, -0.15) is 0 Å². The molecule has 2 amide bonds. The Morgan fingerprint density at radius 3 is 2.35 bits per heavy atom. The van der Waals surface area contributed by atoms with E-state index in [4.69, 9.17) is 5.11 Å². The fourth-order valence-electron chi connectivity index (χ4n) is 4.57. The lowest BCUT2D eigenvalue weighted by atomic mass is 9.98. The van der Waals surface area contributed by atoms with Gasteiger partial charge in [-0.05, 0) is 73.5 Å². The maximum absolute atomic E-state index is 13.3. The number of carbonyl (C=O) groups is 2. The highest BCUT2D eigenvalue weighted by Crippen LogP contribution is 2.26. The van der Waals surface area contributed by atoms with E-state index in [9.17, 15) is 9.59 Å². The second kappa shape index (κ2) is 12.0. The number of benzene rings is 3. The van der Waals surface area contributed by atoms with Gasteiger partial charge >= 0.3 is 0 Å². The van der Waals surface area contributed by atoms with Gasteiger partial charge in [-0.15, -0.1) is 0 Å². The number of hydrogen-bond donors (Lipinski definition) is 3. The lowest BCUT2D eigenvalue weighted by Gasteiger charge is -2.34. The van der Waals surface area contributed by atoms with Crippen molar-refractivity contribution in [2.45, 2.75) is 19.9 Å². The Labute approximate surface area is 219 Å². The van der Waals surface area contributed by atoms with E-state index < -0.39 is 0 Å². The van der Waals surface area contributed by atoms with Crippen molar-refractivity contribution in [1.82, 2.24) is 15.5 Å². The minimum atomic E-state index is -0.221. The van der Waals surface area contributed by atoms with Gasteiger partial charge < -0.3 is 25.5 Å². The quantitative estimate of drug-likeness (QED) is 0.440. The van der Waals surface area contributed by atoms with Crippen molar-refractivity contribution in [3.8, 4) is 11.1 Å². The lowest BCUT2D eigenvalue weighted by Crippen LogP contribution is -2.44. The molecular formula is C30H36N4O3. The number of anilines is 1. The molecule has 37 heavy (non-hydrogen) atoms. The molecule has 7 nitrogen and oxygen atoms in total. The number of nitrogens with zero attached hydrogens (tertiary/aromatic N) is 2. The van der Waals surface area contributed by atoms with Crippen LogP contribution in [0, 0.1) is 6.92 Å². The maximum atomic E-state index is 13.3. The highest BCUT2D eigenvalue weighted by Gasteiger charge is 2.19. The van der Waals surface area contributed by atoms with Crippen LogP contribution in [0.25, 0.3) is 11.1 Å². The van der Waals surface area contributed by atoms with Crippen molar-refractivity contribution < 1.29 is 14.7 Å². The lowest BCUT2D eigenvalue weighted by molar-refractivity contribution is 0.0933. The van der Waals surface area contributed by atoms with Gasteiger partial charge in [0.25, 0.3) is 11.8 Å². The van der Waals surface area contributed by atoms with Crippen LogP contribution < -0.4 is 15.5 Å². The smallest absolute Gasteiger partial charge is 0.252 e. The van der Waals surface area contributed by atoms with Crippen molar-refractivity contribution >= 4 is 17.5 Å². The van der Waals surface area contributed by atoms with Crippen molar-refractivity contribution in [3.63, 3.8) is 0 Å². The SMILES string of the molecule is Cc1ccc(N2CCN(C)CC2)cc1C(=O)NC(C)c1cccc(-c2cccc(C(=O)NCCO)c2)c1. The number of hydrogen-bond acceptors (Lipinski definition) is 5. The molecule has 1 heterocycles. The first kappa shape index (κ1) is 26.4. The molecule has 7 heteroatoms. The van der Waals surface area contributed by atoms with Crippen LogP contribution in [0.5, 0.6) is 0 Å².